The number of alkyl carbamates (subject to hydrolysis) is 1. The van der Waals surface area contributed by atoms with Crippen LogP contribution in [0.1, 0.15) is 24.0 Å². The van der Waals surface area contributed by atoms with Gasteiger partial charge in [-0.15, -0.1) is 0 Å². The zero-order valence-corrected chi connectivity index (χ0v) is 16.5. The van der Waals surface area contributed by atoms with E-state index in [1.165, 1.54) is 0 Å². The number of likely N-dealkylation sites (tertiary alicyclic amines) is 1. The van der Waals surface area contributed by atoms with Gasteiger partial charge in [-0.05, 0) is 17.5 Å². The fourth-order valence-corrected chi connectivity index (χ4v) is 3.42. The van der Waals surface area contributed by atoms with Crippen LogP contribution in [-0.4, -0.2) is 56.8 Å². The van der Waals surface area contributed by atoms with Crippen LogP contribution >= 0.6 is 0 Å². The average Bonchev–Trinajstić information content (AvgIpc) is 3.06. The number of amides is 2. The van der Waals surface area contributed by atoms with Gasteiger partial charge in [-0.2, -0.15) is 0 Å². The van der Waals surface area contributed by atoms with Crippen molar-refractivity contribution in [3.8, 4) is 0 Å². The van der Waals surface area contributed by atoms with Crippen molar-refractivity contribution in [1.82, 2.24) is 10.2 Å². The number of benzene rings is 2. The van der Waals surface area contributed by atoms with Crippen LogP contribution in [0.2, 0.25) is 0 Å². The summed E-state index contributed by atoms with van der Waals surface area (Å²) < 4.78 is 5.18. The Morgan fingerprint density at radius 2 is 1.63 bits per heavy atom. The van der Waals surface area contributed by atoms with Crippen molar-refractivity contribution >= 4 is 12.0 Å². The highest BCUT2D eigenvalue weighted by Gasteiger charge is 2.39. The van der Waals surface area contributed by atoms with Crippen molar-refractivity contribution in [2.24, 2.45) is 0 Å². The molecule has 4 N–H and O–H groups in total. The first-order valence-corrected chi connectivity index (χ1v) is 9.77. The first kappa shape index (κ1) is 21.8. The van der Waals surface area contributed by atoms with Crippen LogP contribution in [0.5, 0.6) is 0 Å². The fraction of sp³-hybridized carbons (Fsp3) is 0.364. The van der Waals surface area contributed by atoms with E-state index in [1.807, 2.05) is 24.3 Å². The van der Waals surface area contributed by atoms with E-state index in [4.69, 9.17) is 4.74 Å². The summed E-state index contributed by atoms with van der Waals surface area (Å²) in [4.78, 5) is 26.1. The maximum atomic E-state index is 12.7. The number of carbonyl (C=O) groups excluding carboxylic acids is 2. The van der Waals surface area contributed by atoms with Crippen LogP contribution in [0.3, 0.4) is 0 Å². The van der Waals surface area contributed by atoms with E-state index in [9.17, 15) is 24.9 Å². The third kappa shape index (κ3) is 5.79. The molecule has 0 saturated carbocycles. The largest absolute Gasteiger partial charge is 0.445 e. The summed E-state index contributed by atoms with van der Waals surface area (Å²) >= 11 is 0. The van der Waals surface area contributed by atoms with E-state index in [0.29, 0.717) is 5.56 Å². The second-order valence-corrected chi connectivity index (χ2v) is 7.41. The summed E-state index contributed by atoms with van der Waals surface area (Å²) in [6.07, 6.45) is -3.50. The molecule has 0 spiro atoms. The van der Waals surface area contributed by atoms with E-state index in [0.717, 1.165) is 10.5 Å². The number of nitrogens with one attached hydrogen (secondary N) is 1. The lowest BCUT2D eigenvalue weighted by Gasteiger charge is -2.31. The van der Waals surface area contributed by atoms with Gasteiger partial charge in [0.25, 0.3) is 0 Å². The molecule has 2 amide bonds. The van der Waals surface area contributed by atoms with Crippen molar-refractivity contribution in [3.63, 3.8) is 0 Å². The van der Waals surface area contributed by atoms with Crippen molar-refractivity contribution in [3.05, 3.63) is 71.8 Å². The van der Waals surface area contributed by atoms with Gasteiger partial charge in [-0.1, -0.05) is 60.7 Å². The van der Waals surface area contributed by atoms with Gasteiger partial charge in [0.15, 0.2) is 12.0 Å². The van der Waals surface area contributed by atoms with Gasteiger partial charge in [0.05, 0.1) is 6.42 Å². The maximum absolute atomic E-state index is 12.7. The predicted octanol–water partition coefficient (Wildman–Crippen LogP) is 1.15. The highest BCUT2D eigenvalue weighted by molar-refractivity contribution is 5.79. The number of hydrogen-bond donors (Lipinski definition) is 4. The molecule has 1 unspecified atom stereocenters. The lowest BCUT2D eigenvalue weighted by atomic mass is 9.98. The molecule has 3 atom stereocenters. The third-order valence-electron chi connectivity index (χ3n) is 4.98. The molecule has 0 aromatic heterocycles. The van der Waals surface area contributed by atoms with Gasteiger partial charge in [0.2, 0.25) is 5.91 Å². The van der Waals surface area contributed by atoms with Gasteiger partial charge in [-0.3, -0.25) is 10.1 Å². The average molecular weight is 414 g/mol. The van der Waals surface area contributed by atoms with Gasteiger partial charge in [-0.25, -0.2) is 4.79 Å². The summed E-state index contributed by atoms with van der Waals surface area (Å²) in [5.41, 5.74) is -0.443. The molecule has 8 nitrogen and oxygen atoms in total. The molecule has 1 aliphatic heterocycles. The van der Waals surface area contributed by atoms with E-state index in [1.54, 1.807) is 36.4 Å². The predicted molar refractivity (Wildman–Crippen MR) is 108 cm³/mol. The number of ether oxygens (including phenoxy) is 1. The molecule has 2 aromatic carbocycles. The number of carbonyl (C=O) groups is 2. The van der Waals surface area contributed by atoms with Crippen molar-refractivity contribution in [1.29, 1.82) is 0 Å². The van der Waals surface area contributed by atoms with Gasteiger partial charge < -0.3 is 25.0 Å². The fourth-order valence-electron chi connectivity index (χ4n) is 3.42. The molecular weight excluding hydrogens is 388 g/mol. The van der Waals surface area contributed by atoms with Crippen molar-refractivity contribution in [2.45, 2.75) is 43.9 Å². The van der Waals surface area contributed by atoms with E-state index >= 15 is 0 Å². The van der Waals surface area contributed by atoms with Crippen LogP contribution in [0.15, 0.2) is 60.7 Å². The first-order chi connectivity index (χ1) is 14.4. The molecule has 0 bridgehead atoms. The summed E-state index contributed by atoms with van der Waals surface area (Å²) in [5.74, 6) is -0.583. The number of aliphatic hydroxyl groups is 3. The SMILES string of the molecule is O=C(N[C@@](O)(CC(=O)N1CC[C@@H](O)C1O)Cc1ccccc1)OCc1ccccc1. The zero-order valence-electron chi connectivity index (χ0n) is 16.5. The van der Waals surface area contributed by atoms with E-state index in [2.05, 4.69) is 5.32 Å². The number of aliphatic hydroxyl groups excluding tert-OH is 2. The summed E-state index contributed by atoms with van der Waals surface area (Å²) in [7, 11) is 0. The maximum Gasteiger partial charge on any atom is 0.409 e. The minimum Gasteiger partial charge on any atom is -0.445 e. The van der Waals surface area contributed by atoms with Crippen LogP contribution in [0.4, 0.5) is 4.79 Å². The lowest BCUT2D eigenvalue weighted by Crippen LogP contribution is -2.54. The lowest BCUT2D eigenvalue weighted by molar-refractivity contribution is -0.147. The second-order valence-electron chi connectivity index (χ2n) is 7.41. The molecule has 1 aliphatic rings. The molecule has 8 heteroatoms. The normalized spacial score (nSPS) is 20.4. The Morgan fingerprint density at radius 1 is 1.03 bits per heavy atom. The van der Waals surface area contributed by atoms with Crippen LogP contribution < -0.4 is 5.32 Å². The van der Waals surface area contributed by atoms with Crippen LogP contribution in [0.25, 0.3) is 0 Å². The third-order valence-corrected chi connectivity index (χ3v) is 4.98. The molecule has 1 saturated heterocycles. The quantitative estimate of drug-likeness (QED) is 0.505. The van der Waals surface area contributed by atoms with Crippen molar-refractivity contribution in [2.75, 3.05) is 6.54 Å². The minimum absolute atomic E-state index is 0.0130. The second kappa shape index (κ2) is 9.71. The zero-order chi connectivity index (χ0) is 21.6. The van der Waals surface area contributed by atoms with Gasteiger partial charge in [0, 0.05) is 13.0 Å². The van der Waals surface area contributed by atoms with Crippen LogP contribution in [-0.2, 0) is 22.6 Å². The summed E-state index contributed by atoms with van der Waals surface area (Å²) in [5, 5.41) is 33.2. The summed E-state index contributed by atoms with van der Waals surface area (Å²) in [6, 6.07) is 18.0. The molecule has 1 heterocycles. The molecule has 2 aromatic rings. The Bertz CT molecular complexity index is 847. The number of nitrogens with zero attached hydrogens (tertiary/aromatic N) is 1. The Labute approximate surface area is 174 Å². The Morgan fingerprint density at radius 3 is 2.20 bits per heavy atom. The molecule has 1 fully saturated rings. The number of hydrogen-bond acceptors (Lipinski definition) is 6. The number of rotatable bonds is 7. The topological polar surface area (TPSA) is 119 Å². The minimum atomic E-state index is -1.93. The van der Waals surface area contributed by atoms with Gasteiger partial charge >= 0.3 is 6.09 Å². The van der Waals surface area contributed by atoms with E-state index < -0.39 is 36.5 Å². The molecule has 160 valence electrons. The smallest absolute Gasteiger partial charge is 0.409 e. The summed E-state index contributed by atoms with van der Waals surface area (Å²) in [6.45, 7) is 0.181. The standard InChI is InChI=1S/C22H26N2O6/c25-18-11-12-24(20(18)27)19(26)14-22(29,13-16-7-3-1-4-8-16)23-21(28)30-15-17-9-5-2-6-10-17/h1-10,18,20,25,27,29H,11-15H2,(H,23,28)/t18-,20?,22+/m1/s1. The van der Waals surface area contributed by atoms with Crippen molar-refractivity contribution < 1.29 is 29.6 Å². The van der Waals surface area contributed by atoms with E-state index in [-0.39, 0.29) is 26.0 Å². The Kier molecular flexibility index (Phi) is 7.04. The highest BCUT2D eigenvalue weighted by Crippen LogP contribution is 2.22. The monoisotopic (exact) mass is 414 g/mol. The Hall–Kier alpha value is -2.94. The molecule has 0 radical (unpaired) electrons. The molecule has 30 heavy (non-hydrogen) atoms. The first-order valence-electron chi connectivity index (χ1n) is 9.77. The van der Waals surface area contributed by atoms with Crippen LogP contribution in [0, 0.1) is 0 Å². The molecular formula is C22H26N2O6. The Balaban J connectivity index is 1.68. The molecule has 3 rings (SSSR count). The highest BCUT2D eigenvalue weighted by atomic mass is 16.6. The molecule has 0 aliphatic carbocycles. The van der Waals surface area contributed by atoms with Gasteiger partial charge in [0.1, 0.15) is 12.7 Å².